The first-order valence-electron chi connectivity index (χ1n) is 5.42. The Bertz CT molecular complexity index is 446. The molecular weight excluding hydrogens is 198 g/mol. The molecule has 2 rings (SSSR count). The minimum absolute atomic E-state index is 0.639. The van der Waals surface area contributed by atoms with Crippen LogP contribution in [0.3, 0.4) is 0 Å². The Morgan fingerprint density at radius 2 is 1.75 bits per heavy atom. The second-order valence-electron chi connectivity index (χ2n) is 3.35. The fourth-order valence-electron chi connectivity index (χ4n) is 1.44. The number of hydrogen-bond donors (Lipinski definition) is 1. The summed E-state index contributed by atoms with van der Waals surface area (Å²) in [6.45, 7) is 1.81. The highest BCUT2D eigenvalue weighted by Gasteiger charge is 1.95. The molecule has 2 heteroatoms. The van der Waals surface area contributed by atoms with Crippen LogP contribution in [0.4, 0.5) is 5.69 Å². The summed E-state index contributed by atoms with van der Waals surface area (Å²) in [6, 6.07) is 14.6. The van der Waals surface area contributed by atoms with Gasteiger partial charge in [-0.05, 0) is 11.5 Å². The van der Waals surface area contributed by atoms with Crippen LogP contribution in [0.5, 0.6) is 0 Å². The predicted octanol–water partition coefficient (Wildman–Crippen LogP) is 3.48. The molecule has 2 aromatic rings. The zero-order valence-electron chi connectivity index (χ0n) is 9.73. The number of carbonyl (C=O) groups excluding carboxylic acids is 1. The average Bonchev–Trinajstić information content (AvgIpc) is 2.38. The largest absolute Gasteiger partial charge is 0.388 e. The lowest BCUT2D eigenvalue weighted by atomic mass is 10.1. The Morgan fingerprint density at radius 1 is 1.12 bits per heavy atom. The zero-order chi connectivity index (χ0) is 11.8. The van der Waals surface area contributed by atoms with Gasteiger partial charge in [0.2, 0.25) is 0 Å². The van der Waals surface area contributed by atoms with Crippen LogP contribution in [0.1, 0.15) is 13.3 Å². The van der Waals surface area contributed by atoms with E-state index < -0.39 is 0 Å². The molecule has 2 aromatic carbocycles. The number of nitrogens with one attached hydrogen (secondary N) is 1. The molecule has 0 radical (unpaired) electrons. The molecule has 0 aliphatic carbocycles. The van der Waals surface area contributed by atoms with E-state index in [0.29, 0.717) is 6.42 Å². The van der Waals surface area contributed by atoms with Crippen LogP contribution in [-0.4, -0.2) is 13.3 Å². The average molecular weight is 215 g/mol. The van der Waals surface area contributed by atoms with Gasteiger partial charge in [-0.2, -0.15) is 0 Å². The molecule has 84 valence electrons. The lowest BCUT2D eigenvalue weighted by Crippen LogP contribution is -1.88. The molecule has 0 fully saturated rings. The molecule has 0 atom stereocenters. The number of fused-ring (bicyclic) bond motifs is 1. The number of benzene rings is 2. The van der Waals surface area contributed by atoms with Crippen molar-refractivity contribution in [1.82, 2.24) is 0 Å². The maximum atomic E-state index is 9.17. The van der Waals surface area contributed by atoms with Gasteiger partial charge in [-0.15, -0.1) is 0 Å². The van der Waals surface area contributed by atoms with Crippen molar-refractivity contribution in [1.29, 1.82) is 0 Å². The van der Waals surface area contributed by atoms with E-state index in [4.69, 9.17) is 0 Å². The lowest BCUT2D eigenvalue weighted by Gasteiger charge is -2.04. The Kier molecular flexibility index (Phi) is 5.06. The van der Waals surface area contributed by atoms with E-state index in [1.54, 1.807) is 0 Å². The molecule has 0 bridgehead atoms. The number of carbonyl (C=O) groups is 1. The summed E-state index contributed by atoms with van der Waals surface area (Å²) in [6.07, 6.45) is 1.51. The van der Waals surface area contributed by atoms with Gasteiger partial charge in [-0.25, -0.2) is 0 Å². The first-order valence-corrected chi connectivity index (χ1v) is 5.42. The Morgan fingerprint density at radius 3 is 2.38 bits per heavy atom. The topological polar surface area (TPSA) is 29.1 Å². The van der Waals surface area contributed by atoms with E-state index >= 15 is 0 Å². The third-order valence-corrected chi connectivity index (χ3v) is 2.23. The first kappa shape index (κ1) is 12.2. The van der Waals surface area contributed by atoms with Crippen molar-refractivity contribution >= 4 is 22.7 Å². The van der Waals surface area contributed by atoms with Crippen molar-refractivity contribution in [3.05, 3.63) is 42.5 Å². The molecule has 0 saturated carbocycles. The predicted molar refractivity (Wildman–Crippen MR) is 69.8 cm³/mol. The molecular formula is C14H17NO. The summed E-state index contributed by atoms with van der Waals surface area (Å²) in [4.78, 5) is 9.17. The van der Waals surface area contributed by atoms with Crippen molar-refractivity contribution in [3.63, 3.8) is 0 Å². The van der Waals surface area contributed by atoms with E-state index in [-0.39, 0.29) is 0 Å². The summed E-state index contributed by atoms with van der Waals surface area (Å²) >= 11 is 0. The van der Waals surface area contributed by atoms with Crippen LogP contribution in [0.15, 0.2) is 42.5 Å². The van der Waals surface area contributed by atoms with E-state index in [9.17, 15) is 4.79 Å². The second kappa shape index (κ2) is 6.62. The quantitative estimate of drug-likeness (QED) is 0.777. The number of rotatable bonds is 2. The van der Waals surface area contributed by atoms with Gasteiger partial charge >= 0.3 is 0 Å². The Balaban J connectivity index is 0.000000280. The highest BCUT2D eigenvalue weighted by Crippen LogP contribution is 2.21. The first-order chi connectivity index (χ1) is 7.83. The van der Waals surface area contributed by atoms with Gasteiger partial charge in [0.1, 0.15) is 6.29 Å². The summed E-state index contributed by atoms with van der Waals surface area (Å²) in [5, 5.41) is 5.73. The molecule has 0 aromatic heterocycles. The lowest BCUT2D eigenvalue weighted by molar-refractivity contribution is -0.107. The molecule has 0 spiro atoms. The number of hydrogen-bond acceptors (Lipinski definition) is 2. The molecule has 0 aliphatic heterocycles. The summed E-state index contributed by atoms with van der Waals surface area (Å²) in [5.74, 6) is 0. The maximum Gasteiger partial charge on any atom is 0.119 e. The second-order valence-corrected chi connectivity index (χ2v) is 3.35. The molecule has 0 heterocycles. The van der Waals surface area contributed by atoms with Crippen LogP contribution in [-0.2, 0) is 4.79 Å². The van der Waals surface area contributed by atoms with Crippen molar-refractivity contribution in [2.75, 3.05) is 12.4 Å². The zero-order valence-corrected chi connectivity index (χ0v) is 9.73. The summed E-state index contributed by atoms with van der Waals surface area (Å²) < 4.78 is 0. The van der Waals surface area contributed by atoms with Crippen LogP contribution in [0.25, 0.3) is 10.8 Å². The number of aldehydes is 1. The van der Waals surface area contributed by atoms with E-state index in [2.05, 4.69) is 47.8 Å². The normalized spacial score (nSPS) is 9.12. The van der Waals surface area contributed by atoms with Crippen molar-refractivity contribution in [2.24, 2.45) is 0 Å². The number of anilines is 1. The summed E-state index contributed by atoms with van der Waals surface area (Å²) in [5.41, 5.74) is 1.19. The van der Waals surface area contributed by atoms with Gasteiger partial charge in [-0.3, -0.25) is 0 Å². The standard InChI is InChI=1S/C11H11N.C3H6O/c1-12-11-8-4-6-9-5-2-3-7-10(9)11;1-2-3-4/h2-8,12H,1H3;3H,2H2,1H3. The van der Waals surface area contributed by atoms with Crippen LogP contribution in [0.2, 0.25) is 0 Å². The van der Waals surface area contributed by atoms with Crippen LogP contribution in [0, 0.1) is 0 Å². The summed E-state index contributed by atoms with van der Waals surface area (Å²) in [7, 11) is 1.95. The van der Waals surface area contributed by atoms with Gasteiger partial charge < -0.3 is 10.1 Å². The van der Waals surface area contributed by atoms with Gasteiger partial charge in [0.25, 0.3) is 0 Å². The fourth-order valence-corrected chi connectivity index (χ4v) is 1.44. The Hall–Kier alpha value is -1.83. The molecule has 16 heavy (non-hydrogen) atoms. The monoisotopic (exact) mass is 215 g/mol. The van der Waals surface area contributed by atoms with Crippen LogP contribution >= 0.6 is 0 Å². The minimum Gasteiger partial charge on any atom is -0.388 e. The van der Waals surface area contributed by atoms with E-state index in [1.165, 1.54) is 16.5 Å². The van der Waals surface area contributed by atoms with Gasteiger partial charge in [0.15, 0.2) is 0 Å². The highest BCUT2D eigenvalue weighted by atomic mass is 16.1. The van der Waals surface area contributed by atoms with E-state index in [0.717, 1.165) is 6.29 Å². The molecule has 2 nitrogen and oxygen atoms in total. The fraction of sp³-hybridized carbons (Fsp3) is 0.214. The molecule has 0 aliphatic rings. The van der Waals surface area contributed by atoms with E-state index in [1.807, 2.05) is 14.0 Å². The molecule has 0 saturated heterocycles. The third kappa shape index (κ3) is 3.09. The SMILES string of the molecule is CCC=O.CNc1cccc2ccccc12. The van der Waals surface area contributed by atoms with Gasteiger partial charge in [0.05, 0.1) is 0 Å². The van der Waals surface area contributed by atoms with Crippen LogP contribution < -0.4 is 5.32 Å². The van der Waals surface area contributed by atoms with Crippen molar-refractivity contribution in [2.45, 2.75) is 13.3 Å². The van der Waals surface area contributed by atoms with Gasteiger partial charge in [-0.1, -0.05) is 43.3 Å². The van der Waals surface area contributed by atoms with Crippen molar-refractivity contribution in [3.8, 4) is 0 Å². The molecule has 0 unspecified atom stereocenters. The molecule has 1 N–H and O–H groups in total. The van der Waals surface area contributed by atoms with Crippen molar-refractivity contribution < 1.29 is 4.79 Å². The van der Waals surface area contributed by atoms with Gasteiger partial charge in [0, 0.05) is 24.5 Å². The maximum absolute atomic E-state index is 9.17. The molecule has 0 amide bonds. The Labute approximate surface area is 96.3 Å². The highest BCUT2D eigenvalue weighted by molar-refractivity contribution is 5.93. The third-order valence-electron chi connectivity index (χ3n) is 2.23. The smallest absolute Gasteiger partial charge is 0.119 e. The minimum atomic E-state index is 0.639.